The molecular weight excluding hydrogens is 377 g/mol. The van der Waals surface area contributed by atoms with Crippen LogP contribution < -0.4 is 10.1 Å². The van der Waals surface area contributed by atoms with Crippen LogP contribution in [-0.2, 0) is 17.9 Å². The maximum absolute atomic E-state index is 13.9. The molecule has 0 aromatic heterocycles. The van der Waals surface area contributed by atoms with Crippen molar-refractivity contribution in [3.8, 4) is 5.75 Å². The first-order valence-corrected chi connectivity index (χ1v) is 9.50. The number of halogens is 2. The van der Waals surface area contributed by atoms with Gasteiger partial charge in [-0.25, -0.2) is 4.39 Å². The molecule has 3 aromatic rings. The van der Waals surface area contributed by atoms with Crippen molar-refractivity contribution < 1.29 is 13.9 Å². The van der Waals surface area contributed by atoms with Gasteiger partial charge in [-0.05, 0) is 35.7 Å². The fourth-order valence-corrected chi connectivity index (χ4v) is 3.57. The Labute approximate surface area is 171 Å². The minimum absolute atomic E-state index is 0. The second-order valence-corrected chi connectivity index (χ2v) is 6.91. The molecule has 1 aliphatic heterocycles. The summed E-state index contributed by atoms with van der Waals surface area (Å²) >= 11 is 0. The monoisotopic (exact) mass is 401 g/mol. The lowest BCUT2D eigenvalue weighted by molar-refractivity contribution is 0.110. The Morgan fingerprint density at radius 1 is 1.04 bits per heavy atom. The van der Waals surface area contributed by atoms with Crippen LogP contribution >= 0.6 is 12.4 Å². The van der Waals surface area contributed by atoms with Crippen molar-refractivity contribution in [1.29, 1.82) is 0 Å². The second kappa shape index (κ2) is 9.87. The average Bonchev–Trinajstić information content (AvgIpc) is 3.21. The number of nitrogens with one attached hydrogen (secondary N) is 1. The maximum atomic E-state index is 13.9. The molecule has 0 aliphatic carbocycles. The van der Waals surface area contributed by atoms with Crippen LogP contribution in [0.5, 0.6) is 5.75 Å². The predicted molar refractivity (Wildman–Crippen MR) is 113 cm³/mol. The van der Waals surface area contributed by atoms with Crippen molar-refractivity contribution in [2.45, 2.75) is 32.1 Å². The van der Waals surface area contributed by atoms with E-state index >= 15 is 0 Å². The molecule has 1 fully saturated rings. The third-order valence-electron chi connectivity index (χ3n) is 5.04. The van der Waals surface area contributed by atoms with Gasteiger partial charge in [0.15, 0.2) is 0 Å². The summed E-state index contributed by atoms with van der Waals surface area (Å²) in [6.45, 7) is 2.59. The van der Waals surface area contributed by atoms with Gasteiger partial charge in [-0.1, -0.05) is 48.5 Å². The highest BCUT2D eigenvalue weighted by atomic mass is 35.5. The van der Waals surface area contributed by atoms with E-state index in [-0.39, 0.29) is 24.8 Å². The quantitative estimate of drug-likeness (QED) is 0.586. The SMILES string of the molecule is Cl.Fc1ccccc1COc1ccc2ccccc2c1CNCC1CCCO1. The molecular formula is C23H25ClFNO2. The molecule has 5 heteroatoms. The van der Waals surface area contributed by atoms with Gasteiger partial charge in [0.1, 0.15) is 18.2 Å². The van der Waals surface area contributed by atoms with E-state index in [0.29, 0.717) is 18.2 Å². The van der Waals surface area contributed by atoms with Crippen LogP contribution in [0.4, 0.5) is 4.39 Å². The summed E-state index contributed by atoms with van der Waals surface area (Å²) in [5.41, 5.74) is 1.66. The minimum atomic E-state index is -0.239. The van der Waals surface area contributed by atoms with E-state index in [4.69, 9.17) is 9.47 Å². The Balaban J connectivity index is 0.00000225. The molecule has 1 saturated heterocycles. The van der Waals surface area contributed by atoms with Gasteiger partial charge < -0.3 is 14.8 Å². The molecule has 0 radical (unpaired) electrons. The van der Waals surface area contributed by atoms with Crippen LogP contribution in [0, 0.1) is 5.82 Å². The summed E-state index contributed by atoms with van der Waals surface area (Å²) in [7, 11) is 0. The highest BCUT2D eigenvalue weighted by Gasteiger charge is 2.16. The van der Waals surface area contributed by atoms with Gasteiger partial charge in [0.25, 0.3) is 0 Å². The highest BCUT2D eigenvalue weighted by molar-refractivity contribution is 5.87. The summed E-state index contributed by atoms with van der Waals surface area (Å²) < 4.78 is 25.6. The number of ether oxygens (including phenoxy) is 2. The number of benzene rings is 3. The molecule has 148 valence electrons. The van der Waals surface area contributed by atoms with Crippen LogP contribution in [0.15, 0.2) is 60.7 Å². The molecule has 1 unspecified atom stereocenters. The van der Waals surface area contributed by atoms with Crippen LogP contribution in [0.25, 0.3) is 10.8 Å². The molecule has 1 N–H and O–H groups in total. The molecule has 1 heterocycles. The van der Waals surface area contributed by atoms with E-state index in [1.165, 1.54) is 11.5 Å². The molecule has 4 rings (SSSR count). The Morgan fingerprint density at radius 3 is 2.68 bits per heavy atom. The fraction of sp³-hybridized carbons (Fsp3) is 0.304. The number of hydrogen-bond donors (Lipinski definition) is 1. The average molecular weight is 402 g/mol. The standard InChI is InChI=1S/C23H24FNO2.ClH/c24-22-10-4-2-7-18(22)16-27-23-12-11-17-6-1-3-9-20(17)21(23)15-25-14-19-8-5-13-26-19;/h1-4,6-7,9-12,19,25H,5,8,13-16H2;1H. The van der Waals surface area contributed by atoms with Crippen molar-refractivity contribution in [2.24, 2.45) is 0 Å². The summed E-state index contributed by atoms with van der Waals surface area (Å²) in [4.78, 5) is 0. The van der Waals surface area contributed by atoms with Crippen molar-refractivity contribution in [3.63, 3.8) is 0 Å². The lowest BCUT2D eigenvalue weighted by Crippen LogP contribution is -2.26. The normalized spacial score (nSPS) is 16.1. The molecule has 3 nitrogen and oxygen atoms in total. The number of rotatable bonds is 7. The topological polar surface area (TPSA) is 30.5 Å². The fourth-order valence-electron chi connectivity index (χ4n) is 3.57. The molecule has 1 atom stereocenters. The van der Waals surface area contributed by atoms with Crippen LogP contribution in [0.1, 0.15) is 24.0 Å². The van der Waals surface area contributed by atoms with Gasteiger partial charge in [-0.3, -0.25) is 0 Å². The first-order valence-electron chi connectivity index (χ1n) is 9.50. The highest BCUT2D eigenvalue weighted by Crippen LogP contribution is 2.29. The van der Waals surface area contributed by atoms with Crippen LogP contribution in [-0.4, -0.2) is 19.3 Å². The Bertz CT molecular complexity index is 912. The van der Waals surface area contributed by atoms with Gasteiger partial charge in [-0.15, -0.1) is 12.4 Å². The second-order valence-electron chi connectivity index (χ2n) is 6.91. The van der Waals surface area contributed by atoms with Gasteiger partial charge in [-0.2, -0.15) is 0 Å². The molecule has 0 amide bonds. The smallest absolute Gasteiger partial charge is 0.129 e. The van der Waals surface area contributed by atoms with E-state index in [2.05, 4.69) is 23.5 Å². The lowest BCUT2D eigenvalue weighted by Gasteiger charge is -2.17. The van der Waals surface area contributed by atoms with Gasteiger partial charge >= 0.3 is 0 Å². The minimum Gasteiger partial charge on any atom is -0.488 e. The Morgan fingerprint density at radius 2 is 1.86 bits per heavy atom. The van der Waals surface area contributed by atoms with Crippen molar-refractivity contribution >= 4 is 23.2 Å². The van der Waals surface area contributed by atoms with Crippen molar-refractivity contribution in [3.05, 3.63) is 77.6 Å². The summed E-state index contributed by atoms with van der Waals surface area (Å²) in [5.74, 6) is 0.549. The summed E-state index contributed by atoms with van der Waals surface area (Å²) in [5, 5.41) is 5.83. The van der Waals surface area contributed by atoms with Crippen LogP contribution in [0.3, 0.4) is 0 Å². The molecule has 0 bridgehead atoms. The zero-order chi connectivity index (χ0) is 18.5. The molecule has 3 aromatic carbocycles. The Kier molecular flexibility index (Phi) is 7.26. The first kappa shape index (κ1) is 20.6. The van der Waals surface area contributed by atoms with Crippen molar-refractivity contribution in [2.75, 3.05) is 13.2 Å². The molecule has 28 heavy (non-hydrogen) atoms. The van der Waals surface area contributed by atoms with Crippen molar-refractivity contribution in [1.82, 2.24) is 5.32 Å². The number of fused-ring (bicyclic) bond motifs is 1. The Hall–Kier alpha value is -2.14. The molecule has 0 saturated carbocycles. The zero-order valence-electron chi connectivity index (χ0n) is 15.7. The number of hydrogen-bond acceptors (Lipinski definition) is 3. The van der Waals surface area contributed by atoms with E-state index in [1.54, 1.807) is 12.1 Å². The van der Waals surface area contributed by atoms with E-state index in [0.717, 1.165) is 42.7 Å². The third-order valence-corrected chi connectivity index (χ3v) is 5.04. The molecule has 1 aliphatic rings. The van der Waals surface area contributed by atoms with E-state index < -0.39 is 0 Å². The predicted octanol–water partition coefficient (Wildman–Crippen LogP) is 5.25. The summed E-state index contributed by atoms with van der Waals surface area (Å²) in [6, 6.07) is 19.0. The van der Waals surface area contributed by atoms with Gasteiger partial charge in [0.2, 0.25) is 0 Å². The largest absolute Gasteiger partial charge is 0.488 e. The van der Waals surface area contributed by atoms with Crippen LogP contribution in [0.2, 0.25) is 0 Å². The van der Waals surface area contributed by atoms with E-state index in [9.17, 15) is 4.39 Å². The first-order chi connectivity index (χ1) is 13.3. The lowest BCUT2D eigenvalue weighted by atomic mass is 10.0. The van der Waals surface area contributed by atoms with Gasteiger partial charge in [0.05, 0.1) is 6.10 Å². The maximum Gasteiger partial charge on any atom is 0.129 e. The zero-order valence-corrected chi connectivity index (χ0v) is 16.5. The molecule has 0 spiro atoms. The van der Waals surface area contributed by atoms with E-state index in [1.807, 2.05) is 24.3 Å². The summed E-state index contributed by atoms with van der Waals surface area (Å²) in [6.07, 6.45) is 2.54. The van der Waals surface area contributed by atoms with Gasteiger partial charge in [0, 0.05) is 30.8 Å². The third kappa shape index (κ3) is 4.82.